The second kappa shape index (κ2) is 6.20. The monoisotopic (exact) mass is 278 g/mol. The summed E-state index contributed by atoms with van der Waals surface area (Å²) < 4.78 is 12.9. The highest BCUT2D eigenvalue weighted by Gasteiger charge is 2.04. The average Bonchev–Trinajstić information content (AvgIpc) is 2.41. The van der Waals surface area contributed by atoms with E-state index in [9.17, 15) is 9.18 Å². The van der Waals surface area contributed by atoms with Crippen molar-refractivity contribution in [3.05, 3.63) is 59.4 Å². The van der Waals surface area contributed by atoms with Gasteiger partial charge in [-0.05, 0) is 30.3 Å². The maximum atomic E-state index is 12.9. The number of hydrogen-bond donors (Lipinski definition) is 2. The van der Waals surface area contributed by atoms with E-state index in [1.807, 2.05) is 18.2 Å². The van der Waals surface area contributed by atoms with Crippen molar-refractivity contribution in [1.82, 2.24) is 0 Å². The molecule has 1 amide bonds. The Morgan fingerprint density at radius 3 is 2.53 bits per heavy atom. The van der Waals surface area contributed by atoms with Gasteiger partial charge in [0.2, 0.25) is 5.91 Å². The molecule has 0 spiro atoms. The topological polar surface area (TPSA) is 41.1 Å². The fourth-order valence-corrected chi connectivity index (χ4v) is 1.70. The van der Waals surface area contributed by atoms with Crippen molar-refractivity contribution < 1.29 is 9.18 Å². The molecule has 0 unspecified atom stereocenters. The molecule has 0 atom stereocenters. The fraction of sp³-hybridized carbons (Fsp3) is 0.0714. The van der Waals surface area contributed by atoms with Gasteiger partial charge in [-0.3, -0.25) is 4.79 Å². The van der Waals surface area contributed by atoms with Crippen LogP contribution in [-0.2, 0) is 4.79 Å². The minimum atomic E-state index is -0.485. The van der Waals surface area contributed by atoms with Gasteiger partial charge >= 0.3 is 0 Å². The van der Waals surface area contributed by atoms with Crippen LogP contribution in [-0.4, -0.2) is 12.5 Å². The summed E-state index contributed by atoms with van der Waals surface area (Å²) in [4.78, 5) is 11.7. The molecule has 0 aromatic heterocycles. The molecule has 5 heteroatoms. The Bertz CT molecular complexity index is 575. The average molecular weight is 279 g/mol. The zero-order valence-electron chi connectivity index (χ0n) is 9.99. The van der Waals surface area contributed by atoms with E-state index >= 15 is 0 Å². The number of hydrogen-bond acceptors (Lipinski definition) is 2. The molecule has 0 radical (unpaired) electrons. The molecule has 0 bridgehead atoms. The summed E-state index contributed by atoms with van der Waals surface area (Å²) in [5.74, 6) is -0.674. The van der Waals surface area contributed by atoms with Crippen LogP contribution in [0.1, 0.15) is 0 Å². The number of nitrogens with one attached hydrogen (secondary N) is 2. The summed E-state index contributed by atoms with van der Waals surface area (Å²) in [6.07, 6.45) is 0. The Labute approximate surface area is 115 Å². The number of amides is 1. The summed E-state index contributed by atoms with van der Waals surface area (Å²) in [5, 5.41) is 5.62. The predicted octanol–water partition coefficient (Wildman–Crippen LogP) is 3.53. The van der Waals surface area contributed by atoms with Crippen LogP contribution >= 0.6 is 11.6 Å². The smallest absolute Gasteiger partial charge is 0.243 e. The molecule has 98 valence electrons. The number of halogens is 2. The standard InChI is InChI=1S/C14H12ClFN2O/c15-12-8-11(6-7-13(12)16)17-9-14(19)18-10-4-2-1-3-5-10/h1-8,17H,9H2,(H,18,19). The maximum absolute atomic E-state index is 12.9. The summed E-state index contributed by atoms with van der Waals surface area (Å²) in [6.45, 7) is 0.0802. The molecule has 2 aromatic rings. The lowest BCUT2D eigenvalue weighted by Gasteiger charge is -2.08. The maximum Gasteiger partial charge on any atom is 0.243 e. The third kappa shape index (κ3) is 3.96. The molecular weight excluding hydrogens is 267 g/mol. The van der Waals surface area contributed by atoms with E-state index in [4.69, 9.17) is 11.6 Å². The minimum absolute atomic E-state index is 0.0217. The van der Waals surface area contributed by atoms with Crippen molar-refractivity contribution in [1.29, 1.82) is 0 Å². The van der Waals surface area contributed by atoms with E-state index in [0.717, 1.165) is 5.69 Å². The first kappa shape index (κ1) is 13.4. The van der Waals surface area contributed by atoms with Gasteiger partial charge in [0.05, 0.1) is 11.6 Å². The number of para-hydroxylation sites is 1. The van der Waals surface area contributed by atoms with Crippen LogP contribution in [0, 0.1) is 5.82 Å². The first-order valence-electron chi connectivity index (χ1n) is 5.69. The molecule has 0 aliphatic carbocycles. The van der Waals surface area contributed by atoms with Crippen LogP contribution < -0.4 is 10.6 Å². The van der Waals surface area contributed by atoms with Crippen LogP contribution in [0.3, 0.4) is 0 Å². The van der Waals surface area contributed by atoms with Crippen LogP contribution in [0.15, 0.2) is 48.5 Å². The molecule has 0 aliphatic heterocycles. The third-order valence-corrected chi connectivity index (χ3v) is 2.72. The van der Waals surface area contributed by atoms with Crippen LogP contribution in [0.4, 0.5) is 15.8 Å². The van der Waals surface area contributed by atoms with E-state index < -0.39 is 5.82 Å². The Balaban J connectivity index is 1.88. The number of anilines is 2. The molecule has 2 N–H and O–H groups in total. The summed E-state index contributed by atoms with van der Waals surface area (Å²) in [5.41, 5.74) is 1.32. The molecule has 0 heterocycles. The van der Waals surface area contributed by atoms with Crippen molar-refractivity contribution in [2.24, 2.45) is 0 Å². The second-order valence-electron chi connectivity index (χ2n) is 3.90. The van der Waals surface area contributed by atoms with Crippen molar-refractivity contribution in [2.45, 2.75) is 0 Å². The molecule has 0 aliphatic rings. The van der Waals surface area contributed by atoms with Crippen LogP contribution in [0.5, 0.6) is 0 Å². The third-order valence-electron chi connectivity index (χ3n) is 2.43. The molecule has 0 fully saturated rings. The van der Waals surface area contributed by atoms with Gasteiger partial charge in [-0.2, -0.15) is 0 Å². The molecule has 2 aromatic carbocycles. The van der Waals surface area contributed by atoms with Gasteiger partial charge in [0, 0.05) is 11.4 Å². The van der Waals surface area contributed by atoms with Crippen molar-refractivity contribution in [3.8, 4) is 0 Å². The van der Waals surface area contributed by atoms with E-state index in [1.165, 1.54) is 18.2 Å². The van der Waals surface area contributed by atoms with Gasteiger partial charge < -0.3 is 10.6 Å². The Hall–Kier alpha value is -2.07. The molecule has 2 rings (SSSR count). The molecule has 3 nitrogen and oxygen atoms in total. The normalized spacial score (nSPS) is 10.0. The van der Waals surface area contributed by atoms with Crippen molar-refractivity contribution in [3.63, 3.8) is 0 Å². The first-order valence-corrected chi connectivity index (χ1v) is 6.07. The number of carbonyl (C=O) groups excluding carboxylic acids is 1. The molecule has 0 saturated carbocycles. The molecule has 0 saturated heterocycles. The lowest BCUT2D eigenvalue weighted by atomic mass is 10.3. The summed E-state index contributed by atoms with van der Waals surface area (Å²) in [7, 11) is 0. The van der Waals surface area contributed by atoms with E-state index in [0.29, 0.717) is 5.69 Å². The Morgan fingerprint density at radius 1 is 1.11 bits per heavy atom. The summed E-state index contributed by atoms with van der Waals surface area (Å²) >= 11 is 5.64. The van der Waals surface area contributed by atoms with Gasteiger partial charge in [-0.15, -0.1) is 0 Å². The highest BCUT2D eigenvalue weighted by molar-refractivity contribution is 6.31. The van der Waals surface area contributed by atoms with E-state index in [1.54, 1.807) is 12.1 Å². The highest BCUT2D eigenvalue weighted by Crippen LogP contribution is 2.19. The van der Waals surface area contributed by atoms with Gasteiger partial charge in [0.1, 0.15) is 5.82 Å². The number of rotatable bonds is 4. The van der Waals surface area contributed by atoms with E-state index in [-0.39, 0.29) is 17.5 Å². The SMILES string of the molecule is O=C(CNc1ccc(F)c(Cl)c1)Nc1ccccc1. The lowest BCUT2D eigenvalue weighted by molar-refractivity contribution is -0.114. The quantitative estimate of drug-likeness (QED) is 0.898. The van der Waals surface area contributed by atoms with Crippen molar-refractivity contribution >= 4 is 28.9 Å². The molecular formula is C14H12ClFN2O. The minimum Gasteiger partial charge on any atom is -0.376 e. The molecule has 19 heavy (non-hydrogen) atoms. The zero-order valence-corrected chi connectivity index (χ0v) is 10.7. The summed E-state index contributed by atoms with van der Waals surface area (Å²) in [6, 6.07) is 13.3. The largest absolute Gasteiger partial charge is 0.376 e. The van der Waals surface area contributed by atoms with Gasteiger partial charge in [-0.25, -0.2) is 4.39 Å². The first-order chi connectivity index (χ1) is 9.15. The zero-order chi connectivity index (χ0) is 13.7. The highest BCUT2D eigenvalue weighted by atomic mass is 35.5. The predicted molar refractivity (Wildman–Crippen MR) is 75.0 cm³/mol. The van der Waals surface area contributed by atoms with Crippen molar-refractivity contribution in [2.75, 3.05) is 17.2 Å². The van der Waals surface area contributed by atoms with E-state index in [2.05, 4.69) is 10.6 Å². The van der Waals surface area contributed by atoms with Crippen LogP contribution in [0.2, 0.25) is 5.02 Å². The fourth-order valence-electron chi connectivity index (χ4n) is 1.52. The van der Waals surface area contributed by atoms with Gasteiger partial charge in [-0.1, -0.05) is 29.8 Å². The Kier molecular flexibility index (Phi) is 4.36. The van der Waals surface area contributed by atoms with Gasteiger partial charge in [0.15, 0.2) is 0 Å². The van der Waals surface area contributed by atoms with Crippen LogP contribution in [0.25, 0.3) is 0 Å². The second-order valence-corrected chi connectivity index (χ2v) is 4.30. The number of carbonyl (C=O) groups is 1. The van der Waals surface area contributed by atoms with Gasteiger partial charge in [0.25, 0.3) is 0 Å². The Morgan fingerprint density at radius 2 is 1.84 bits per heavy atom. The lowest BCUT2D eigenvalue weighted by Crippen LogP contribution is -2.21. The number of benzene rings is 2.